The Hall–Kier alpha value is -1.02. The molecule has 94 valence electrons. The molecule has 1 aromatic carbocycles. The summed E-state index contributed by atoms with van der Waals surface area (Å²) in [6.07, 6.45) is 1.08. The lowest BCUT2D eigenvalue weighted by Crippen LogP contribution is -2.52. The largest absolute Gasteiger partial charge is 0.371 e. The molecule has 1 unspecified atom stereocenters. The number of hydrogen-bond donors (Lipinski definition) is 1. The number of hydrogen-bond acceptors (Lipinski definition) is 2. The number of benzene rings is 1. The van der Waals surface area contributed by atoms with Gasteiger partial charge in [-0.05, 0) is 42.9 Å². The van der Waals surface area contributed by atoms with E-state index in [-0.39, 0.29) is 5.41 Å². The topological polar surface area (TPSA) is 29.3 Å². The second-order valence-corrected chi connectivity index (χ2v) is 6.02. The van der Waals surface area contributed by atoms with Crippen molar-refractivity contribution in [2.75, 3.05) is 18.0 Å². The summed E-state index contributed by atoms with van der Waals surface area (Å²) in [6.45, 7) is 11.1. The van der Waals surface area contributed by atoms with Gasteiger partial charge in [0.2, 0.25) is 0 Å². The molecule has 0 spiro atoms. The molecule has 0 bridgehead atoms. The van der Waals surface area contributed by atoms with Gasteiger partial charge in [-0.1, -0.05) is 26.0 Å². The molecular weight excluding hydrogens is 208 g/mol. The molecule has 17 heavy (non-hydrogen) atoms. The monoisotopic (exact) mass is 232 g/mol. The molecule has 2 nitrogen and oxygen atoms in total. The van der Waals surface area contributed by atoms with Gasteiger partial charge in [0.1, 0.15) is 0 Å². The van der Waals surface area contributed by atoms with Crippen molar-refractivity contribution in [3.8, 4) is 0 Å². The molecule has 0 aromatic heterocycles. The number of piperidine rings is 1. The first-order valence-corrected chi connectivity index (χ1v) is 6.48. The van der Waals surface area contributed by atoms with Crippen LogP contribution < -0.4 is 10.6 Å². The highest BCUT2D eigenvalue weighted by Crippen LogP contribution is 2.33. The Labute approximate surface area is 105 Å². The van der Waals surface area contributed by atoms with E-state index in [1.165, 1.54) is 16.8 Å². The average molecular weight is 232 g/mol. The van der Waals surface area contributed by atoms with Crippen molar-refractivity contribution in [2.45, 2.75) is 40.2 Å². The van der Waals surface area contributed by atoms with Crippen molar-refractivity contribution >= 4 is 5.69 Å². The van der Waals surface area contributed by atoms with E-state index in [0.717, 1.165) is 19.5 Å². The lowest BCUT2D eigenvalue weighted by atomic mass is 9.79. The van der Waals surface area contributed by atoms with Gasteiger partial charge in [0, 0.05) is 24.8 Å². The molecule has 2 rings (SSSR count). The lowest BCUT2D eigenvalue weighted by molar-refractivity contribution is 0.245. The van der Waals surface area contributed by atoms with E-state index in [1.807, 2.05) is 0 Å². The van der Waals surface area contributed by atoms with Crippen LogP contribution in [0.15, 0.2) is 18.2 Å². The zero-order valence-corrected chi connectivity index (χ0v) is 11.5. The Morgan fingerprint density at radius 1 is 1.29 bits per heavy atom. The van der Waals surface area contributed by atoms with Gasteiger partial charge in [0.05, 0.1) is 0 Å². The van der Waals surface area contributed by atoms with E-state index >= 15 is 0 Å². The number of nitrogens with zero attached hydrogens (tertiary/aromatic N) is 1. The van der Waals surface area contributed by atoms with Gasteiger partial charge in [-0.25, -0.2) is 0 Å². The SMILES string of the molecule is Cc1cccc(N2CCC(N)C(C)(C)C2)c1C. The Morgan fingerprint density at radius 2 is 2.00 bits per heavy atom. The molecule has 1 fully saturated rings. The first-order valence-electron chi connectivity index (χ1n) is 6.48. The summed E-state index contributed by atoms with van der Waals surface area (Å²) in [7, 11) is 0. The third-order valence-corrected chi connectivity index (χ3v) is 4.23. The van der Waals surface area contributed by atoms with Crippen LogP contribution in [0.25, 0.3) is 0 Å². The van der Waals surface area contributed by atoms with Crippen molar-refractivity contribution in [3.63, 3.8) is 0 Å². The Morgan fingerprint density at radius 3 is 2.65 bits per heavy atom. The second-order valence-electron chi connectivity index (χ2n) is 6.02. The summed E-state index contributed by atoms with van der Waals surface area (Å²) in [6, 6.07) is 6.89. The standard InChI is InChI=1S/C15H24N2/c1-11-6-5-7-13(12(11)2)17-9-8-14(16)15(3,4)10-17/h5-7,14H,8-10,16H2,1-4H3. The van der Waals surface area contributed by atoms with Crippen LogP contribution in [-0.4, -0.2) is 19.1 Å². The van der Waals surface area contributed by atoms with Gasteiger partial charge in [-0.2, -0.15) is 0 Å². The van der Waals surface area contributed by atoms with Crippen LogP contribution in [-0.2, 0) is 0 Å². The fourth-order valence-corrected chi connectivity index (χ4v) is 2.66. The van der Waals surface area contributed by atoms with Crippen molar-refractivity contribution in [2.24, 2.45) is 11.1 Å². The maximum atomic E-state index is 6.19. The van der Waals surface area contributed by atoms with Gasteiger partial charge in [-0.15, -0.1) is 0 Å². The van der Waals surface area contributed by atoms with E-state index in [0.29, 0.717) is 6.04 Å². The van der Waals surface area contributed by atoms with Gasteiger partial charge < -0.3 is 10.6 Å². The molecule has 0 aliphatic carbocycles. The van der Waals surface area contributed by atoms with E-state index < -0.39 is 0 Å². The normalized spacial score (nSPS) is 23.8. The van der Waals surface area contributed by atoms with Crippen LogP contribution in [0.3, 0.4) is 0 Å². The molecule has 0 saturated carbocycles. The maximum absolute atomic E-state index is 6.19. The smallest absolute Gasteiger partial charge is 0.0398 e. The minimum Gasteiger partial charge on any atom is -0.371 e. The fraction of sp³-hybridized carbons (Fsp3) is 0.600. The third-order valence-electron chi connectivity index (χ3n) is 4.23. The highest BCUT2D eigenvalue weighted by atomic mass is 15.2. The first-order chi connectivity index (χ1) is 7.92. The quantitative estimate of drug-likeness (QED) is 0.806. The molecule has 1 aliphatic heterocycles. The minimum absolute atomic E-state index is 0.203. The third kappa shape index (κ3) is 2.32. The molecule has 1 aromatic rings. The molecule has 2 heteroatoms. The predicted octanol–water partition coefficient (Wildman–Crippen LogP) is 2.87. The lowest BCUT2D eigenvalue weighted by Gasteiger charge is -2.44. The van der Waals surface area contributed by atoms with Crippen LogP contribution >= 0.6 is 0 Å². The van der Waals surface area contributed by atoms with Gasteiger partial charge in [-0.3, -0.25) is 0 Å². The summed E-state index contributed by atoms with van der Waals surface area (Å²) in [4.78, 5) is 2.49. The molecule has 1 saturated heterocycles. The Balaban J connectivity index is 2.27. The van der Waals surface area contributed by atoms with Crippen molar-refractivity contribution in [1.29, 1.82) is 0 Å². The molecule has 1 heterocycles. The number of anilines is 1. The zero-order valence-electron chi connectivity index (χ0n) is 11.5. The van der Waals surface area contributed by atoms with E-state index in [4.69, 9.17) is 5.73 Å². The van der Waals surface area contributed by atoms with E-state index in [9.17, 15) is 0 Å². The number of rotatable bonds is 1. The van der Waals surface area contributed by atoms with Crippen LogP contribution in [0, 0.1) is 19.3 Å². The molecule has 1 aliphatic rings. The zero-order chi connectivity index (χ0) is 12.6. The van der Waals surface area contributed by atoms with E-state index in [2.05, 4.69) is 50.8 Å². The van der Waals surface area contributed by atoms with Crippen LogP contribution in [0.4, 0.5) is 5.69 Å². The minimum atomic E-state index is 0.203. The molecule has 0 amide bonds. The Bertz CT molecular complexity index is 409. The van der Waals surface area contributed by atoms with Gasteiger partial charge in [0.25, 0.3) is 0 Å². The Kier molecular flexibility index (Phi) is 3.17. The second kappa shape index (κ2) is 4.34. The fourth-order valence-electron chi connectivity index (χ4n) is 2.66. The van der Waals surface area contributed by atoms with Crippen LogP contribution in [0.5, 0.6) is 0 Å². The van der Waals surface area contributed by atoms with Crippen LogP contribution in [0.1, 0.15) is 31.4 Å². The molecular formula is C15H24N2. The van der Waals surface area contributed by atoms with Crippen molar-refractivity contribution < 1.29 is 0 Å². The maximum Gasteiger partial charge on any atom is 0.0398 e. The molecule has 1 atom stereocenters. The average Bonchev–Trinajstić information content (AvgIpc) is 2.26. The highest BCUT2D eigenvalue weighted by molar-refractivity contribution is 5.56. The van der Waals surface area contributed by atoms with Gasteiger partial charge in [0.15, 0.2) is 0 Å². The summed E-state index contributed by atoms with van der Waals surface area (Å²) in [5.74, 6) is 0. The van der Waals surface area contributed by atoms with Crippen molar-refractivity contribution in [3.05, 3.63) is 29.3 Å². The van der Waals surface area contributed by atoms with Gasteiger partial charge >= 0.3 is 0 Å². The highest BCUT2D eigenvalue weighted by Gasteiger charge is 2.33. The van der Waals surface area contributed by atoms with E-state index in [1.54, 1.807) is 0 Å². The number of nitrogens with two attached hydrogens (primary N) is 1. The number of aryl methyl sites for hydroxylation is 1. The molecule has 0 radical (unpaired) electrons. The van der Waals surface area contributed by atoms with Crippen molar-refractivity contribution in [1.82, 2.24) is 0 Å². The summed E-state index contributed by atoms with van der Waals surface area (Å²) in [5.41, 5.74) is 10.5. The van der Waals surface area contributed by atoms with Crippen LogP contribution in [0.2, 0.25) is 0 Å². The molecule has 2 N–H and O–H groups in total. The summed E-state index contributed by atoms with van der Waals surface area (Å²) >= 11 is 0. The predicted molar refractivity (Wildman–Crippen MR) is 74.5 cm³/mol. The summed E-state index contributed by atoms with van der Waals surface area (Å²) in [5, 5.41) is 0. The summed E-state index contributed by atoms with van der Waals surface area (Å²) < 4.78 is 0. The first kappa shape index (κ1) is 12.4.